The maximum atomic E-state index is 15.9. The van der Waals surface area contributed by atoms with Gasteiger partial charge in [-0.1, -0.05) is 89.5 Å². The van der Waals surface area contributed by atoms with Crippen LogP contribution in [0.2, 0.25) is 0 Å². The molecular formula is C38H26F4N2O2PtS. The standard InChI is InChI=1S/C38H26F4N2O2S.Pt/c1-38(2,33-17-9-15-31(43-33)26-19-21-29(39)28(35(26)41)23-24-11-5-3-6-12-24)34-18-10-16-32(44-34)27-20-22-30(40)37(36(27)42)47(45,46)25-13-7-4-8-14-25;/h3-18,21-22H,23H2,1-2H3;/q-2;+2. The predicted octanol–water partition coefficient (Wildman–Crippen LogP) is 8.71. The minimum Gasteiger partial charge on any atom is -0.300 e. The zero-order chi connectivity index (χ0) is 33.3. The Kier molecular flexibility index (Phi) is 10.1. The molecule has 0 amide bonds. The van der Waals surface area contributed by atoms with E-state index in [1.807, 2.05) is 19.9 Å². The first-order chi connectivity index (χ1) is 22.5. The van der Waals surface area contributed by atoms with Crippen molar-refractivity contribution in [3.63, 3.8) is 0 Å². The van der Waals surface area contributed by atoms with Crippen molar-refractivity contribution in [1.29, 1.82) is 0 Å². The molecule has 48 heavy (non-hydrogen) atoms. The molecule has 0 N–H and O–H groups in total. The van der Waals surface area contributed by atoms with Crippen LogP contribution in [0.25, 0.3) is 22.5 Å². The maximum Gasteiger partial charge on any atom is 2.00 e. The average molecular weight is 846 g/mol. The molecule has 244 valence electrons. The Morgan fingerprint density at radius 2 is 1.15 bits per heavy atom. The van der Waals surface area contributed by atoms with Crippen molar-refractivity contribution in [3.05, 3.63) is 167 Å². The summed E-state index contributed by atoms with van der Waals surface area (Å²) >= 11 is 0. The summed E-state index contributed by atoms with van der Waals surface area (Å²) in [4.78, 5) is 7.95. The molecule has 0 atom stereocenters. The summed E-state index contributed by atoms with van der Waals surface area (Å²) in [5.74, 6) is -4.06. The molecule has 4 nitrogen and oxygen atoms in total. The molecule has 2 aromatic heterocycles. The number of pyridine rings is 2. The van der Waals surface area contributed by atoms with Crippen molar-refractivity contribution in [2.75, 3.05) is 0 Å². The van der Waals surface area contributed by atoms with E-state index in [4.69, 9.17) is 4.98 Å². The summed E-state index contributed by atoms with van der Waals surface area (Å²) in [5.41, 5.74) is 0.526. The SMILES string of the molecule is CC(C)(c1cccc(-c2[c-]cc(F)c(Cc3ccccc3)c2F)n1)c1cccc(-c2[c-]cc(F)c(S(=O)(=O)c3ccccc3)c2F)n1.[Pt+2]. The van der Waals surface area contributed by atoms with Gasteiger partial charge in [0.05, 0.1) is 21.4 Å². The van der Waals surface area contributed by atoms with Gasteiger partial charge < -0.3 is 9.97 Å². The Labute approximate surface area is 290 Å². The molecule has 0 saturated carbocycles. The van der Waals surface area contributed by atoms with Gasteiger partial charge in [0, 0.05) is 28.4 Å². The average Bonchev–Trinajstić information content (AvgIpc) is 3.07. The van der Waals surface area contributed by atoms with Gasteiger partial charge in [-0.15, -0.1) is 24.3 Å². The largest absolute Gasteiger partial charge is 2.00 e. The predicted molar refractivity (Wildman–Crippen MR) is 170 cm³/mol. The second kappa shape index (κ2) is 13.9. The van der Waals surface area contributed by atoms with Crippen LogP contribution >= 0.6 is 0 Å². The van der Waals surface area contributed by atoms with Crippen LogP contribution in [0.4, 0.5) is 17.6 Å². The van der Waals surface area contributed by atoms with Crippen molar-refractivity contribution in [1.82, 2.24) is 9.97 Å². The van der Waals surface area contributed by atoms with Gasteiger partial charge in [0.25, 0.3) is 0 Å². The first-order valence-corrected chi connectivity index (χ1v) is 16.0. The third-order valence-electron chi connectivity index (χ3n) is 7.93. The van der Waals surface area contributed by atoms with Crippen LogP contribution in [0.15, 0.2) is 119 Å². The number of sulfone groups is 1. The number of hydrogen-bond acceptors (Lipinski definition) is 4. The Hall–Kier alpha value is -4.46. The molecule has 0 radical (unpaired) electrons. The fourth-order valence-electron chi connectivity index (χ4n) is 5.30. The van der Waals surface area contributed by atoms with Gasteiger partial charge in [0.15, 0.2) is 9.84 Å². The number of halogens is 4. The van der Waals surface area contributed by atoms with Crippen molar-refractivity contribution in [2.45, 2.75) is 35.5 Å². The molecule has 4 aromatic carbocycles. The third-order valence-corrected chi connectivity index (χ3v) is 9.74. The van der Waals surface area contributed by atoms with Crippen LogP contribution in [0.5, 0.6) is 0 Å². The molecule has 0 bridgehead atoms. The number of hydrogen-bond donors (Lipinski definition) is 0. The summed E-state index contributed by atoms with van der Waals surface area (Å²) in [5, 5.41) is 0. The van der Waals surface area contributed by atoms with Crippen molar-refractivity contribution < 1.29 is 47.0 Å². The Bertz CT molecular complexity index is 2210. The molecule has 0 aliphatic carbocycles. The normalized spacial score (nSPS) is 11.6. The topological polar surface area (TPSA) is 59.9 Å². The Morgan fingerprint density at radius 3 is 1.71 bits per heavy atom. The number of nitrogens with zero attached hydrogens (tertiary/aromatic N) is 2. The molecule has 0 aliphatic rings. The van der Waals surface area contributed by atoms with Crippen molar-refractivity contribution >= 4 is 9.84 Å². The van der Waals surface area contributed by atoms with E-state index in [1.54, 1.807) is 60.7 Å². The first-order valence-electron chi connectivity index (χ1n) is 14.6. The van der Waals surface area contributed by atoms with Crippen LogP contribution in [0.1, 0.15) is 36.4 Å². The molecular weight excluding hydrogens is 820 g/mol. The molecule has 0 saturated heterocycles. The van der Waals surface area contributed by atoms with Crippen molar-refractivity contribution in [3.8, 4) is 22.5 Å². The molecule has 0 unspecified atom stereocenters. The molecule has 2 heterocycles. The van der Waals surface area contributed by atoms with Crippen LogP contribution < -0.4 is 0 Å². The molecule has 0 aliphatic heterocycles. The quantitative estimate of drug-likeness (QED) is 0.114. The summed E-state index contributed by atoms with van der Waals surface area (Å²) in [6.07, 6.45) is 0.0490. The minimum atomic E-state index is -4.54. The van der Waals surface area contributed by atoms with Crippen LogP contribution in [0, 0.1) is 35.4 Å². The molecule has 6 aromatic rings. The Balaban J connectivity index is 0.00000451. The van der Waals surface area contributed by atoms with Gasteiger partial charge >= 0.3 is 21.1 Å². The number of rotatable bonds is 8. The zero-order valence-corrected chi connectivity index (χ0v) is 28.6. The van der Waals surface area contributed by atoms with E-state index in [1.165, 1.54) is 30.3 Å². The second-order valence-electron chi connectivity index (χ2n) is 11.4. The zero-order valence-electron chi connectivity index (χ0n) is 25.5. The molecule has 0 fully saturated rings. The van der Waals surface area contributed by atoms with Crippen LogP contribution in [-0.2, 0) is 42.7 Å². The van der Waals surface area contributed by atoms with E-state index < -0.39 is 43.4 Å². The summed E-state index contributed by atoms with van der Waals surface area (Å²) in [6, 6.07) is 32.8. The van der Waals surface area contributed by atoms with Gasteiger partial charge in [-0.25, -0.2) is 8.42 Å². The van der Waals surface area contributed by atoms with E-state index in [0.29, 0.717) is 11.4 Å². The second-order valence-corrected chi connectivity index (χ2v) is 13.3. The van der Waals surface area contributed by atoms with Gasteiger partial charge in [-0.05, 0) is 61.5 Å². The molecule has 10 heteroatoms. The Morgan fingerprint density at radius 1 is 0.646 bits per heavy atom. The first kappa shape index (κ1) is 34.9. The van der Waals surface area contributed by atoms with Crippen molar-refractivity contribution in [2.24, 2.45) is 0 Å². The van der Waals surface area contributed by atoms with E-state index >= 15 is 8.78 Å². The van der Waals surface area contributed by atoms with Gasteiger partial charge in [0.2, 0.25) is 0 Å². The monoisotopic (exact) mass is 845 g/mol. The summed E-state index contributed by atoms with van der Waals surface area (Å²) < 4.78 is 87.6. The number of benzene rings is 4. The number of aromatic nitrogens is 2. The van der Waals surface area contributed by atoms with E-state index in [2.05, 4.69) is 17.1 Å². The van der Waals surface area contributed by atoms with E-state index in [9.17, 15) is 17.2 Å². The third kappa shape index (κ3) is 6.62. The van der Waals surface area contributed by atoms with Gasteiger partial charge in [-0.2, -0.15) is 0 Å². The fraction of sp³-hybridized carbons (Fsp3) is 0.105. The fourth-order valence-corrected chi connectivity index (χ4v) is 6.70. The maximum absolute atomic E-state index is 15.9. The smallest absolute Gasteiger partial charge is 0.300 e. The molecule has 6 rings (SSSR count). The van der Waals surface area contributed by atoms with Gasteiger partial charge in [-0.3, -0.25) is 17.6 Å². The van der Waals surface area contributed by atoms with Gasteiger partial charge in [0.1, 0.15) is 0 Å². The molecule has 0 spiro atoms. The van der Waals surface area contributed by atoms with E-state index in [0.717, 1.165) is 17.7 Å². The van der Waals surface area contributed by atoms with Crippen LogP contribution in [-0.4, -0.2) is 18.4 Å². The summed E-state index contributed by atoms with van der Waals surface area (Å²) in [6.45, 7) is 3.62. The minimum absolute atomic E-state index is 0. The van der Waals surface area contributed by atoms with E-state index in [-0.39, 0.29) is 60.5 Å². The van der Waals surface area contributed by atoms with Crippen LogP contribution in [0.3, 0.4) is 0 Å². The summed E-state index contributed by atoms with van der Waals surface area (Å²) in [7, 11) is -4.54.